The predicted octanol–water partition coefficient (Wildman–Crippen LogP) is 1.76. The Morgan fingerprint density at radius 3 is 2.73 bits per heavy atom. The zero-order valence-electron chi connectivity index (χ0n) is 8.39. The fourth-order valence-corrected chi connectivity index (χ4v) is 1.22. The van der Waals surface area contributed by atoms with Crippen molar-refractivity contribution >= 4 is 0 Å². The summed E-state index contributed by atoms with van der Waals surface area (Å²) in [7, 11) is 1.48. The number of methoxy groups -OCH3 is 1. The highest BCUT2D eigenvalue weighted by Crippen LogP contribution is 2.30. The molecule has 1 aromatic heterocycles. The van der Waals surface area contributed by atoms with Crippen LogP contribution in [-0.2, 0) is 0 Å². The lowest BCUT2D eigenvalue weighted by molar-refractivity contribution is 0.373. The van der Waals surface area contributed by atoms with Gasteiger partial charge in [-0.3, -0.25) is 0 Å². The van der Waals surface area contributed by atoms with E-state index in [0.717, 1.165) is 0 Å². The standard InChI is InChI=1S/C10H10N2O3/c1-6-11-12-10(15-6)7-3-4-8(13)9(5-7)14-2/h3-5,13H,1-2H3. The molecule has 0 aliphatic rings. The molecule has 1 N–H and O–H groups in total. The van der Waals surface area contributed by atoms with Gasteiger partial charge >= 0.3 is 0 Å². The number of phenolic OH excluding ortho intramolecular Hbond substituents is 1. The van der Waals surface area contributed by atoms with Crippen molar-refractivity contribution < 1.29 is 14.3 Å². The van der Waals surface area contributed by atoms with E-state index in [-0.39, 0.29) is 5.75 Å². The summed E-state index contributed by atoms with van der Waals surface area (Å²) in [4.78, 5) is 0. The van der Waals surface area contributed by atoms with Gasteiger partial charge in [-0.05, 0) is 18.2 Å². The summed E-state index contributed by atoms with van der Waals surface area (Å²) in [6, 6.07) is 4.85. The van der Waals surface area contributed by atoms with Crippen LogP contribution in [-0.4, -0.2) is 22.4 Å². The summed E-state index contributed by atoms with van der Waals surface area (Å²) in [5.41, 5.74) is 0.713. The summed E-state index contributed by atoms with van der Waals surface area (Å²) < 4.78 is 10.2. The quantitative estimate of drug-likeness (QED) is 0.810. The van der Waals surface area contributed by atoms with Crippen molar-refractivity contribution in [3.8, 4) is 23.0 Å². The van der Waals surface area contributed by atoms with E-state index in [0.29, 0.717) is 23.1 Å². The molecule has 0 bridgehead atoms. The molecule has 0 fully saturated rings. The van der Waals surface area contributed by atoms with E-state index in [1.165, 1.54) is 13.2 Å². The van der Waals surface area contributed by atoms with Crippen LogP contribution in [0.15, 0.2) is 22.6 Å². The van der Waals surface area contributed by atoms with Crippen LogP contribution in [0.1, 0.15) is 5.89 Å². The molecule has 0 radical (unpaired) electrons. The van der Waals surface area contributed by atoms with Crippen LogP contribution in [0.25, 0.3) is 11.5 Å². The molecule has 0 saturated carbocycles. The lowest BCUT2D eigenvalue weighted by Crippen LogP contribution is -1.85. The first-order chi connectivity index (χ1) is 7.20. The number of aromatic hydroxyl groups is 1. The van der Waals surface area contributed by atoms with Crippen LogP contribution >= 0.6 is 0 Å². The third kappa shape index (κ3) is 1.76. The maximum absolute atomic E-state index is 9.40. The van der Waals surface area contributed by atoms with Crippen LogP contribution < -0.4 is 4.74 Å². The largest absolute Gasteiger partial charge is 0.504 e. The molecule has 2 aromatic rings. The van der Waals surface area contributed by atoms with Crippen molar-refractivity contribution in [2.75, 3.05) is 7.11 Å². The van der Waals surface area contributed by atoms with Gasteiger partial charge in [-0.15, -0.1) is 10.2 Å². The highest BCUT2D eigenvalue weighted by Gasteiger charge is 2.09. The Morgan fingerprint density at radius 2 is 2.13 bits per heavy atom. The van der Waals surface area contributed by atoms with Gasteiger partial charge in [0, 0.05) is 12.5 Å². The number of phenols is 1. The van der Waals surface area contributed by atoms with Crippen molar-refractivity contribution in [1.29, 1.82) is 0 Å². The second-order valence-corrected chi connectivity index (χ2v) is 3.01. The lowest BCUT2D eigenvalue weighted by Gasteiger charge is -2.03. The third-order valence-corrected chi connectivity index (χ3v) is 1.95. The molecule has 0 aliphatic heterocycles. The van der Waals surface area contributed by atoms with Crippen LogP contribution in [0.4, 0.5) is 0 Å². The first-order valence-electron chi connectivity index (χ1n) is 4.38. The molecule has 15 heavy (non-hydrogen) atoms. The Balaban J connectivity index is 2.45. The Bertz CT molecular complexity index is 479. The molecule has 78 valence electrons. The number of rotatable bonds is 2. The van der Waals surface area contributed by atoms with Crippen molar-refractivity contribution in [2.45, 2.75) is 6.92 Å². The van der Waals surface area contributed by atoms with E-state index in [9.17, 15) is 5.11 Å². The van der Waals surface area contributed by atoms with E-state index in [2.05, 4.69) is 10.2 Å². The van der Waals surface area contributed by atoms with E-state index in [4.69, 9.17) is 9.15 Å². The van der Waals surface area contributed by atoms with E-state index in [1.807, 2.05) is 0 Å². The minimum absolute atomic E-state index is 0.0810. The number of aryl methyl sites for hydroxylation is 1. The fourth-order valence-electron chi connectivity index (χ4n) is 1.22. The summed E-state index contributed by atoms with van der Waals surface area (Å²) in [5.74, 6) is 1.36. The minimum Gasteiger partial charge on any atom is -0.504 e. The van der Waals surface area contributed by atoms with Gasteiger partial charge in [0.25, 0.3) is 0 Å². The first kappa shape index (κ1) is 9.51. The fraction of sp³-hybridized carbons (Fsp3) is 0.200. The van der Waals surface area contributed by atoms with Gasteiger partial charge < -0.3 is 14.3 Å². The number of aromatic nitrogens is 2. The molecular weight excluding hydrogens is 196 g/mol. The third-order valence-electron chi connectivity index (χ3n) is 1.95. The van der Waals surface area contributed by atoms with Crippen molar-refractivity contribution in [1.82, 2.24) is 10.2 Å². The van der Waals surface area contributed by atoms with Gasteiger partial charge in [0.2, 0.25) is 11.8 Å². The molecule has 1 heterocycles. The molecule has 0 saturated heterocycles. The van der Waals surface area contributed by atoms with Crippen LogP contribution in [0.3, 0.4) is 0 Å². The van der Waals surface area contributed by atoms with Gasteiger partial charge in [-0.2, -0.15) is 0 Å². The Labute approximate surface area is 86.3 Å². The van der Waals surface area contributed by atoms with Crippen molar-refractivity contribution in [3.63, 3.8) is 0 Å². The van der Waals surface area contributed by atoms with E-state index in [1.54, 1.807) is 19.1 Å². The van der Waals surface area contributed by atoms with E-state index >= 15 is 0 Å². The maximum Gasteiger partial charge on any atom is 0.247 e. The smallest absolute Gasteiger partial charge is 0.247 e. The Morgan fingerprint density at radius 1 is 1.33 bits per heavy atom. The highest BCUT2D eigenvalue weighted by molar-refractivity contribution is 5.59. The zero-order chi connectivity index (χ0) is 10.8. The topological polar surface area (TPSA) is 68.4 Å². The number of hydrogen-bond acceptors (Lipinski definition) is 5. The molecule has 2 rings (SSSR count). The summed E-state index contributed by atoms with van der Waals surface area (Å²) in [6.45, 7) is 1.72. The van der Waals surface area contributed by atoms with Gasteiger partial charge in [-0.25, -0.2) is 0 Å². The average molecular weight is 206 g/mol. The monoisotopic (exact) mass is 206 g/mol. The van der Waals surface area contributed by atoms with Gasteiger partial charge in [0.05, 0.1) is 7.11 Å². The van der Waals surface area contributed by atoms with Crippen molar-refractivity contribution in [2.24, 2.45) is 0 Å². The summed E-state index contributed by atoms with van der Waals surface area (Å²) in [5, 5.41) is 17.0. The second kappa shape index (κ2) is 3.61. The molecule has 5 nitrogen and oxygen atoms in total. The van der Waals surface area contributed by atoms with Crippen molar-refractivity contribution in [3.05, 3.63) is 24.1 Å². The van der Waals surface area contributed by atoms with Gasteiger partial charge in [-0.1, -0.05) is 0 Å². The number of nitrogens with zero attached hydrogens (tertiary/aromatic N) is 2. The normalized spacial score (nSPS) is 10.3. The molecule has 5 heteroatoms. The van der Waals surface area contributed by atoms with Crippen LogP contribution in [0.5, 0.6) is 11.5 Å². The Kier molecular flexibility index (Phi) is 2.29. The zero-order valence-corrected chi connectivity index (χ0v) is 8.39. The average Bonchev–Trinajstić information content (AvgIpc) is 2.66. The SMILES string of the molecule is COc1cc(-c2nnc(C)o2)ccc1O. The number of hydrogen-bond donors (Lipinski definition) is 1. The molecule has 0 aliphatic carbocycles. The predicted molar refractivity (Wildman–Crippen MR) is 52.7 cm³/mol. The second-order valence-electron chi connectivity index (χ2n) is 3.01. The van der Waals surface area contributed by atoms with Gasteiger partial charge in [0.15, 0.2) is 11.5 Å². The highest BCUT2D eigenvalue weighted by atomic mass is 16.5. The first-order valence-corrected chi connectivity index (χ1v) is 4.38. The van der Waals surface area contributed by atoms with Crippen LogP contribution in [0.2, 0.25) is 0 Å². The number of benzene rings is 1. The molecule has 0 atom stereocenters. The summed E-state index contributed by atoms with van der Waals surface area (Å²) in [6.07, 6.45) is 0. The Hall–Kier alpha value is -2.04. The molecular formula is C10H10N2O3. The molecule has 0 unspecified atom stereocenters. The maximum atomic E-state index is 9.40. The van der Waals surface area contributed by atoms with Gasteiger partial charge in [0.1, 0.15) is 0 Å². The molecule has 0 amide bonds. The molecule has 1 aromatic carbocycles. The lowest BCUT2D eigenvalue weighted by atomic mass is 10.2. The number of ether oxygens (including phenoxy) is 1. The minimum atomic E-state index is 0.0810. The summed E-state index contributed by atoms with van der Waals surface area (Å²) >= 11 is 0. The van der Waals surface area contributed by atoms with E-state index < -0.39 is 0 Å². The van der Waals surface area contributed by atoms with Crippen LogP contribution in [0, 0.1) is 6.92 Å². The molecule has 0 spiro atoms.